The molecule has 0 aliphatic rings. The topological polar surface area (TPSA) is 212 Å². The van der Waals surface area contributed by atoms with Crippen molar-refractivity contribution in [3.05, 3.63) is 130 Å². The third-order valence-corrected chi connectivity index (χ3v) is 10.5. The summed E-state index contributed by atoms with van der Waals surface area (Å²) in [5, 5.41) is 23.2. The number of hydrogen-bond donors (Lipinski definition) is 6. The number of amides is 1. The first-order valence-corrected chi connectivity index (χ1v) is 20.4. The van der Waals surface area contributed by atoms with Crippen molar-refractivity contribution < 1.29 is 33.0 Å². The first-order chi connectivity index (χ1) is 28.7. The van der Waals surface area contributed by atoms with E-state index in [1.807, 2.05) is 24.3 Å². The fraction of sp³-hybridized carbons (Fsp3) is 0.356. The summed E-state index contributed by atoms with van der Waals surface area (Å²) in [4.78, 5) is 36.6. The van der Waals surface area contributed by atoms with Gasteiger partial charge < -0.3 is 32.4 Å². The normalized spacial score (nSPS) is 13.6. The highest BCUT2D eigenvalue weighted by Gasteiger charge is 2.36. The van der Waals surface area contributed by atoms with Gasteiger partial charge in [-0.2, -0.15) is 15.4 Å². The number of nitrogens with zero attached hydrogens (tertiary/aromatic N) is 2. The molecule has 0 radical (unpaired) electrons. The SMILES string of the molecule is CC(C)(N)[C@H](C[C@@H](Cc1ccc(-c2cc(Cl)ccc2F)cc1)NC(=O)c1cn[nH]n1)C(=O)O.CCOC(=O)[C@@H](C[C@H](N)Cc1ccc(-c2cc(Cl)ccc2F)cc1)C(C)(C)N. The molecule has 326 valence electrons. The van der Waals surface area contributed by atoms with Gasteiger partial charge in [0.25, 0.3) is 5.91 Å². The van der Waals surface area contributed by atoms with Crippen molar-refractivity contribution in [2.45, 2.75) is 83.5 Å². The quantitative estimate of drug-likeness (QED) is 0.0500. The molecule has 0 saturated heterocycles. The number of carbonyl (C=O) groups is 3. The van der Waals surface area contributed by atoms with Crippen molar-refractivity contribution in [1.82, 2.24) is 20.7 Å². The minimum Gasteiger partial charge on any atom is -0.481 e. The molecular weight excluding hydrogens is 827 g/mol. The van der Waals surface area contributed by atoms with Crippen LogP contribution in [0.25, 0.3) is 22.3 Å². The minimum atomic E-state index is -1.05. The summed E-state index contributed by atoms with van der Waals surface area (Å²) < 4.78 is 33.4. The maximum absolute atomic E-state index is 14.2. The van der Waals surface area contributed by atoms with Gasteiger partial charge in [0.1, 0.15) is 11.6 Å². The molecule has 1 aromatic heterocycles. The van der Waals surface area contributed by atoms with Gasteiger partial charge in [0, 0.05) is 44.3 Å². The molecule has 0 spiro atoms. The van der Waals surface area contributed by atoms with Gasteiger partial charge in [0.2, 0.25) is 0 Å². The van der Waals surface area contributed by atoms with Crippen LogP contribution in [0.1, 0.15) is 69.1 Å². The van der Waals surface area contributed by atoms with Crippen LogP contribution in [0.15, 0.2) is 91.1 Å². The number of carboxylic acids is 1. The molecule has 16 heteroatoms. The number of halogens is 4. The second-order valence-corrected chi connectivity index (χ2v) is 17.0. The van der Waals surface area contributed by atoms with Gasteiger partial charge in [-0.3, -0.25) is 14.4 Å². The Balaban J connectivity index is 0.000000272. The van der Waals surface area contributed by atoms with Crippen molar-refractivity contribution >= 4 is 41.0 Å². The zero-order valence-corrected chi connectivity index (χ0v) is 36.2. The number of carboxylic acid groups (broad SMARTS) is 1. The van der Waals surface area contributed by atoms with Gasteiger partial charge in [-0.1, -0.05) is 71.7 Å². The molecule has 0 aliphatic carbocycles. The standard InChI is InChI=1S/C23H25ClFN5O3.C22H28ClFN2O2/c1-23(2,26)18(22(32)33)11-16(28-21(31)20-12-27-30-29-20)9-13-3-5-14(6-4-13)17-10-15(24)7-8-19(17)25;1-4-28-21(27)19(22(2,3)26)13-17(25)11-14-5-7-15(8-6-14)18-12-16(23)9-10-20(18)24/h3-8,10,12,16,18H,9,11,26H2,1-2H3,(H,28,31)(H,32,33)(H,27,29,30);5-10,12,17,19H,4,11,13,25-26H2,1-3H3/t16-,18-;17-,19-/m11/s1. The zero-order chi connectivity index (χ0) is 45.1. The number of benzene rings is 4. The number of nitrogens with one attached hydrogen (secondary N) is 2. The van der Waals surface area contributed by atoms with E-state index in [4.69, 9.17) is 45.1 Å². The number of hydrogen-bond acceptors (Lipinski definition) is 9. The van der Waals surface area contributed by atoms with E-state index in [2.05, 4.69) is 20.7 Å². The number of aromatic amines is 1. The lowest BCUT2D eigenvalue weighted by Gasteiger charge is -2.30. The van der Waals surface area contributed by atoms with E-state index in [0.717, 1.165) is 16.7 Å². The predicted octanol–water partition coefficient (Wildman–Crippen LogP) is 7.76. The molecule has 0 aliphatic heterocycles. The molecule has 0 unspecified atom stereocenters. The summed E-state index contributed by atoms with van der Waals surface area (Å²) in [6.45, 7) is 8.95. The number of aromatic nitrogens is 3. The summed E-state index contributed by atoms with van der Waals surface area (Å²) in [7, 11) is 0. The third kappa shape index (κ3) is 14.4. The summed E-state index contributed by atoms with van der Waals surface area (Å²) in [6.07, 6.45) is 2.72. The average molecular weight is 881 g/mol. The lowest BCUT2D eigenvalue weighted by atomic mass is 9.82. The van der Waals surface area contributed by atoms with Crippen LogP contribution in [0.2, 0.25) is 10.0 Å². The second-order valence-electron chi connectivity index (χ2n) is 16.1. The van der Waals surface area contributed by atoms with E-state index in [-0.39, 0.29) is 35.8 Å². The van der Waals surface area contributed by atoms with E-state index < -0.39 is 40.8 Å². The number of esters is 1. The highest BCUT2D eigenvalue weighted by atomic mass is 35.5. The summed E-state index contributed by atoms with van der Waals surface area (Å²) >= 11 is 12.0. The van der Waals surface area contributed by atoms with Gasteiger partial charge in [-0.15, -0.1) is 0 Å². The van der Waals surface area contributed by atoms with Crippen molar-refractivity contribution in [1.29, 1.82) is 0 Å². The number of ether oxygens (including phenoxy) is 1. The first-order valence-electron chi connectivity index (χ1n) is 19.6. The molecule has 4 atom stereocenters. The Hall–Kier alpha value is -5.25. The van der Waals surface area contributed by atoms with Gasteiger partial charge in [0.05, 0.1) is 24.6 Å². The lowest BCUT2D eigenvalue weighted by molar-refractivity contribution is -0.150. The molecule has 12 nitrogen and oxygen atoms in total. The predicted molar refractivity (Wildman–Crippen MR) is 234 cm³/mol. The summed E-state index contributed by atoms with van der Waals surface area (Å²) in [6, 6.07) is 22.6. The Morgan fingerprint density at radius 2 is 1.28 bits per heavy atom. The minimum absolute atomic E-state index is 0.0886. The molecular formula is C45H53Cl2F2N7O5. The van der Waals surface area contributed by atoms with Crippen LogP contribution < -0.4 is 22.5 Å². The molecule has 0 saturated carbocycles. The Morgan fingerprint density at radius 1 is 0.787 bits per heavy atom. The molecule has 61 heavy (non-hydrogen) atoms. The Bertz CT molecular complexity index is 2230. The highest BCUT2D eigenvalue weighted by Crippen LogP contribution is 2.29. The fourth-order valence-electron chi connectivity index (χ4n) is 6.77. The number of aliphatic carboxylic acids is 1. The van der Waals surface area contributed by atoms with E-state index in [0.29, 0.717) is 52.6 Å². The Morgan fingerprint density at radius 3 is 1.70 bits per heavy atom. The van der Waals surface area contributed by atoms with Gasteiger partial charge in [0.15, 0.2) is 5.69 Å². The zero-order valence-electron chi connectivity index (χ0n) is 34.7. The van der Waals surface area contributed by atoms with Crippen LogP contribution in [0, 0.1) is 23.5 Å². The van der Waals surface area contributed by atoms with Crippen molar-refractivity contribution in [2.24, 2.45) is 29.0 Å². The molecule has 5 rings (SSSR count). The van der Waals surface area contributed by atoms with Crippen molar-refractivity contribution in [3.63, 3.8) is 0 Å². The Labute approximate surface area is 364 Å². The lowest BCUT2D eigenvalue weighted by Crippen LogP contribution is -2.49. The van der Waals surface area contributed by atoms with Gasteiger partial charge in [-0.05, 0) is 119 Å². The number of rotatable bonds is 17. The van der Waals surface area contributed by atoms with Crippen LogP contribution in [-0.4, -0.2) is 68.1 Å². The van der Waals surface area contributed by atoms with E-state index in [1.54, 1.807) is 71.0 Å². The van der Waals surface area contributed by atoms with Gasteiger partial charge in [-0.25, -0.2) is 8.78 Å². The molecule has 0 fully saturated rings. The number of nitrogens with two attached hydrogens (primary N) is 3. The van der Waals surface area contributed by atoms with Crippen LogP contribution in [0.5, 0.6) is 0 Å². The summed E-state index contributed by atoms with van der Waals surface area (Å²) in [5.41, 5.74) is 20.9. The maximum atomic E-state index is 14.2. The first kappa shape index (κ1) is 48.4. The number of H-pyrrole nitrogens is 1. The molecule has 4 aromatic carbocycles. The summed E-state index contributed by atoms with van der Waals surface area (Å²) in [5.74, 6) is -3.95. The smallest absolute Gasteiger partial charge is 0.310 e. The molecule has 1 heterocycles. The second kappa shape index (κ2) is 21.5. The Kier molecular flexibility index (Phi) is 17.1. The van der Waals surface area contributed by atoms with Crippen LogP contribution in [0.4, 0.5) is 8.78 Å². The largest absolute Gasteiger partial charge is 0.481 e. The molecule has 5 aromatic rings. The molecule has 0 bridgehead atoms. The van der Waals surface area contributed by atoms with Crippen LogP contribution in [-0.2, 0) is 27.2 Å². The number of carbonyl (C=O) groups excluding carboxylic acids is 2. The van der Waals surface area contributed by atoms with E-state index >= 15 is 0 Å². The average Bonchev–Trinajstić information content (AvgIpc) is 3.74. The highest BCUT2D eigenvalue weighted by molar-refractivity contribution is 6.31. The maximum Gasteiger partial charge on any atom is 0.310 e. The van der Waals surface area contributed by atoms with Crippen LogP contribution >= 0.6 is 23.2 Å². The third-order valence-electron chi connectivity index (χ3n) is 10.1. The van der Waals surface area contributed by atoms with E-state index in [1.165, 1.54) is 30.5 Å². The van der Waals surface area contributed by atoms with Gasteiger partial charge >= 0.3 is 11.9 Å². The van der Waals surface area contributed by atoms with Crippen molar-refractivity contribution in [2.75, 3.05) is 6.61 Å². The monoisotopic (exact) mass is 879 g/mol. The van der Waals surface area contributed by atoms with Crippen LogP contribution in [0.3, 0.4) is 0 Å². The van der Waals surface area contributed by atoms with E-state index in [9.17, 15) is 28.3 Å². The fourth-order valence-corrected chi connectivity index (χ4v) is 7.11. The molecule has 1 amide bonds. The van der Waals surface area contributed by atoms with Crippen molar-refractivity contribution in [3.8, 4) is 22.3 Å². The molecule has 9 N–H and O–H groups in total.